The molecule has 0 aromatic heterocycles. The van der Waals surface area contributed by atoms with Crippen molar-refractivity contribution in [2.24, 2.45) is 0 Å². The third-order valence-electron chi connectivity index (χ3n) is 1.91. The van der Waals surface area contributed by atoms with E-state index >= 15 is 0 Å². The quantitative estimate of drug-likeness (QED) is 0.849. The molecule has 0 spiro atoms. The Morgan fingerprint density at radius 1 is 1.47 bits per heavy atom. The van der Waals surface area contributed by atoms with Crippen LogP contribution < -0.4 is 4.72 Å². The van der Waals surface area contributed by atoms with Gasteiger partial charge >= 0.3 is 0 Å². The smallest absolute Gasteiger partial charge is 0.237 e. The first-order valence-electron chi connectivity index (χ1n) is 4.34. The summed E-state index contributed by atoms with van der Waals surface area (Å²) in [5, 5.41) is 8.22. The van der Waals surface area contributed by atoms with Crippen LogP contribution in [0.5, 0.6) is 0 Å². The zero-order valence-corrected chi connectivity index (χ0v) is 9.72. The highest BCUT2D eigenvalue weighted by atomic mass is 35.5. The maximum absolute atomic E-state index is 11.6. The Morgan fingerprint density at radius 2 is 2.07 bits per heavy atom. The van der Waals surface area contributed by atoms with E-state index in [0.717, 1.165) is 0 Å². The second-order valence-corrected chi connectivity index (χ2v) is 5.63. The Balaban J connectivity index is 2.92. The highest BCUT2D eigenvalue weighted by Gasteiger charge is 2.20. The summed E-state index contributed by atoms with van der Waals surface area (Å²) in [4.78, 5) is 0. The molecule has 1 aromatic carbocycles. The standard InChI is InChI=1S/C9H12ClNO3S/c1-7(6-12)15(13,14)11-9-5-3-2-4-8(9)10/h2-5,7,11-12H,6H2,1H3. The number of hydrogen-bond acceptors (Lipinski definition) is 3. The third-order valence-corrected chi connectivity index (χ3v) is 3.96. The fourth-order valence-electron chi connectivity index (χ4n) is 0.896. The first kappa shape index (κ1) is 12.3. The van der Waals surface area contributed by atoms with E-state index in [0.29, 0.717) is 10.7 Å². The predicted molar refractivity (Wildman–Crippen MR) is 60.5 cm³/mol. The molecule has 0 aliphatic rings. The predicted octanol–water partition coefficient (Wildman–Crippen LogP) is 1.46. The lowest BCUT2D eigenvalue weighted by Crippen LogP contribution is -2.28. The monoisotopic (exact) mass is 249 g/mol. The molecule has 1 unspecified atom stereocenters. The minimum absolute atomic E-state index is 0.319. The second-order valence-electron chi connectivity index (χ2n) is 3.12. The Morgan fingerprint density at radius 3 is 2.60 bits per heavy atom. The van der Waals surface area contributed by atoms with Gasteiger partial charge in [-0.2, -0.15) is 0 Å². The molecule has 2 N–H and O–H groups in total. The van der Waals surface area contributed by atoms with Gasteiger partial charge in [0.05, 0.1) is 17.3 Å². The molecular weight excluding hydrogens is 238 g/mol. The van der Waals surface area contributed by atoms with Gasteiger partial charge in [0.25, 0.3) is 0 Å². The average molecular weight is 250 g/mol. The summed E-state index contributed by atoms with van der Waals surface area (Å²) in [6, 6.07) is 6.52. The summed E-state index contributed by atoms with van der Waals surface area (Å²) < 4.78 is 25.4. The van der Waals surface area contributed by atoms with Crippen molar-refractivity contribution in [1.29, 1.82) is 0 Å². The Kier molecular flexibility index (Phi) is 3.96. The van der Waals surface area contributed by atoms with Crippen LogP contribution in [0.15, 0.2) is 24.3 Å². The minimum atomic E-state index is -3.57. The number of rotatable bonds is 4. The first-order chi connectivity index (χ1) is 6.97. The van der Waals surface area contributed by atoms with Crippen LogP contribution in [0.4, 0.5) is 5.69 Å². The molecule has 0 aliphatic carbocycles. The van der Waals surface area contributed by atoms with Crippen LogP contribution in [0.3, 0.4) is 0 Å². The van der Waals surface area contributed by atoms with Crippen LogP contribution >= 0.6 is 11.6 Å². The number of aliphatic hydroxyl groups is 1. The van der Waals surface area contributed by atoms with Crippen LogP contribution in [-0.4, -0.2) is 25.4 Å². The van der Waals surface area contributed by atoms with Gasteiger partial charge in [-0.3, -0.25) is 4.72 Å². The Hall–Kier alpha value is -0.780. The van der Waals surface area contributed by atoms with Crippen molar-refractivity contribution in [1.82, 2.24) is 0 Å². The van der Waals surface area contributed by atoms with Gasteiger partial charge < -0.3 is 5.11 Å². The molecule has 0 bridgehead atoms. The largest absolute Gasteiger partial charge is 0.395 e. The molecule has 4 nitrogen and oxygen atoms in total. The van der Waals surface area contributed by atoms with Crippen molar-refractivity contribution >= 4 is 27.3 Å². The average Bonchev–Trinajstić information content (AvgIpc) is 2.20. The van der Waals surface area contributed by atoms with E-state index in [4.69, 9.17) is 16.7 Å². The zero-order chi connectivity index (χ0) is 11.5. The van der Waals surface area contributed by atoms with E-state index in [-0.39, 0.29) is 0 Å². The van der Waals surface area contributed by atoms with E-state index in [1.807, 2.05) is 0 Å². The highest BCUT2D eigenvalue weighted by Crippen LogP contribution is 2.22. The topological polar surface area (TPSA) is 66.4 Å². The van der Waals surface area contributed by atoms with E-state index in [2.05, 4.69) is 4.72 Å². The molecule has 0 saturated carbocycles. The number of sulfonamides is 1. The number of para-hydroxylation sites is 1. The molecule has 1 rings (SSSR count). The summed E-state index contributed by atoms with van der Waals surface area (Å²) in [5.74, 6) is 0. The van der Waals surface area contributed by atoms with Gasteiger partial charge in [-0.25, -0.2) is 8.42 Å². The molecule has 0 radical (unpaired) electrons. The SMILES string of the molecule is CC(CO)S(=O)(=O)Nc1ccccc1Cl. The van der Waals surface area contributed by atoms with Gasteiger partial charge in [0.15, 0.2) is 0 Å². The van der Waals surface area contributed by atoms with E-state index in [1.54, 1.807) is 24.3 Å². The summed E-state index contributed by atoms with van der Waals surface area (Å²) in [6.45, 7) is 0.985. The maximum Gasteiger partial charge on any atom is 0.237 e. The summed E-state index contributed by atoms with van der Waals surface area (Å²) in [6.07, 6.45) is 0. The van der Waals surface area contributed by atoms with Crippen molar-refractivity contribution in [3.63, 3.8) is 0 Å². The van der Waals surface area contributed by atoms with Gasteiger partial charge in [0.2, 0.25) is 10.0 Å². The van der Waals surface area contributed by atoms with Gasteiger partial charge in [0.1, 0.15) is 5.25 Å². The number of nitrogens with one attached hydrogen (secondary N) is 1. The van der Waals surface area contributed by atoms with Crippen molar-refractivity contribution in [3.05, 3.63) is 29.3 Å². The summed E-state index contributed by atoms with van der Waals surface area (Å²) in [7, 11) is -3.57. The normalized spacial score (nSPS) is 13.5. The molecule has 1 aromatic rings. The molecule has 6 heteroatoms. The van der Waals surface area contributed by atoms with Crippen molar-refractivity contribution < 1.29 is 13.5 Å². The maximum atomic E-state index is 11.6. The van der Waals surface area contributed by atoms with Gasteiger partial charge in [0, 0.05) is 0 Å². The molecule has 0 saturated heterocycles. The van der Waals surface area contributed by atoms with Crippen LogP contribution in [0.1, 0.15) is 6.92 Å². The van der Waals surface area contributed by atoms with Crippen LogP contribution in [-0.2, 0) is 10.0 Å². The molecule has 0 heterocycles. The number of aliphatic hydroxyl groups excluding tert-OH is 1. The number of halogens is 1. The van der Waals surface area contributed by atoms with E-state index in [9.17, 15) is 8.42 Å². The lowest BCUT2D eigenvalue weighted by Gasteiger charge is -2.13. The molecule has 0 fully saturated rings. The van der Waals surface area contributed by atoms with Crippen molar-refractivity contribution in [2.75, 3.05) is 11.3 Å². The Bertz CT molecular complexity index is 433. The van der Waals surface area contributed by atoms with E-state index < -0.39 is 21.9 Å². The fourth-order valence-corrected chi connectivity index (χ4v) is 2.02. The lowest BCUT2D eigenvalue weighted by molar-refractivity contribution is 0.296. The molecule has 15 heavy (non-hydrogen) atoms. The molecule has 0 amide bonds. The molecule has 0 aliphatic heterocycles. The highest BCUT2D eigenvalue weighted by molar-refractivity contribution is 7.93. The van der Waals surface area contributed by atoms with Gasteiger partial charge in [-0.15, -0.1) is 0 Å². The number of hydrogen-bond donors (Lipinski definition) is 2. The van der Waals surface area contributed by atoms with Gasteiger partial charge in [-0.05, 0) is 19.1 Å². The fraction of sp³-hybridized carbons (Fsp3) is 0.333. The number of benzene rings is 1. The summed E-state index contributed by atoms with van der Waals surface area (Å²) in [5.41, 5.74) is 0.319. The molecule has 1 atom stereocenters. The molecular formula is C9H12ClNO3S. The zero-order valence-electron chi connectivity index (χ0n) is 8.14. The Labute approximate surface area is 93.9 Å². The minimum Gasteiger partial charge on any atom is -0.395 e. The summed E-state index contributed by atoms with van der Waals surface area (Å²) >= 11 is 5.79. The van der Waals surface area contributed by atoms with Gasteiger partial charge in [-0.1, -0.05) is 23.7 Å². The second kappa shape index (κ2) is 4.83. The first-order valence-corrected chi connectivity index (χ1v) is 6.27. The number of anilines is 1. The van der Waals surface area contributed by atoms with Crippen LogP contribution in [0.25, 0.3) is 0 Å². The molecule has 84 valence electrons. The van der Waals surface area contributed by atoms with Crippen LogP contribution in [0, 0.1) is 0 Å². The van der Waals surface area contributed by atoms with Crippen LogP contribution in [0.2, 0.25) is 5.02 Å². The van der Waals surface area contributed by atoms with Crippen molar-refractivity contribution in [3.8, 4) is 0 Å². The lowest BCUT2D eigenvalue weighted by atomic mass is 10.3. The van der Waals surface area contributed by atoms with E-state index in [1.165, 1.54) is 6.92 Å². The third kappa shape index (κ3) is 3.09. The van der Waals surface area contributed by atoms with Crippen molar-refractivity contribution in [2.45, 2.75) is 12.2 Å².